The molecule has 1 atom stereocenters. The summed E-state index contributed by atoms with van der Waals surface area (Å²) in [6, 6.07) is 9.28. The minimum Gasteiger partial charge on any atom is -0.444 e. The fourth-order valence-corrected chi connectivity index (χ4v) is 2.96. The van der Waals surface area contributed by atoms with E-state index in [1.807, 2.05) is 18.2 Å². The van der Waals surface area contributed by atoms with Gasteiger partial charge in [0.05, 0.1) is 6.04 Å². The van der Waals surface area contributed by atoms with Crippen LogP contribution < -0.4 is 11.1 Å². The number of fused-ring (bicyclic) bond motifs is 1. The number of benzene rings is 1. The number of hydrogen-bond donors (Lipinski definition) is 2. The van der Waals surface area contributed by atoms with Crippen molar-refractivity contribution in [2.75, 3.05) is 5.73 Å². The Morgan fingerprint density at radius 2 is 2.20 bits per heavy atom. The summed E-state index contributed by atoms with van der Waals surface area (Å²) in [5.41, 5.74) is 8.97. The lowest BCUT2D eigenvalue weighted by molar-refractivity contribution is 0.0903. The molecule has 104 valence electrons. The van der Waals surface area contributed by atoms with Gasteiger partial charge in [0.1, 0.15) is 0 Å². The molecule has 1 amide bonds. The fourth-order valence-electron chi connectivity index (χ4n) is 2.65. The molecule has 0 radical (unpaired) electrons. The quantitative estimate of drug-likeness (QED) is 0.826. The Hall–Kier alpha value is -1.75. The average molecular weight is 335 g/mol. The van der Waals surface area contributed by atoms with Gasteiger partial charge < -0.3 is 15.5 Å². The van der Waals surface area contributed by atoms with Crippen LogP contribution in [0, 0.1) is 0 Å². The maximum Gasteiger partial charge on any atom is 0.287 e. The van der Waals surface area contributed by atoms with Crippen molar-refractivity contribution in [2.45, 2.75) is 25.3 Å². The number of carbonyl (C=O) groups excluding carboxylic acids is 1. The van der Waals surface area contributed by atoms with Crippen LogP contribution in [0.15, 0.2) is 39.4 Å². The third-order valence-corrected chi connectivity index (χ3v) is 4.01. The van der Waals surface area contributed by atoms with E-state index in [-0.39, 0.29) is 11.9 Å². The number of aryl methyl sites for hydroxylation is 1. The summed E-state index contributed by atoms with van der Waals surface area (Å²) in [7, 11) is 0. The SMILES string of the molecule is Nc1ccc2c(c1)CCCC2NC(=O)c1ccc(Br)o1. The number of nitrogens with one attached hydrogen (secondary N) is 1. The Bertz CT molecular complexity index is 651. The molecular weight excluding hydrogens is 320 g/mol. The number of nitrogens with two attached hydrogens (primary N) is 1. The van der Waals surface area contributed by atoms with Crippen molar-refractivity contribution in [3.63, 3.8) is 0 Å². The predicted molar refractivity (Wildman–Crippen MR) is 80.4 cm³/mol. The molecule has 0 spiro atoms. The molecule has 1 aliphatic rings. The van der Waals surface area contributed by atoms with Crippen molar-refractivity contribution in [3.8, 4) is 0 Å². The van der Waals surface area contributed by atoms with Crippen molar-refractivity contribution in [3.05, 3.63) is 51.9 Å². The molecule has 20 heavy (non-hydrogen) atoms. The fraction of sp³-hybridized carbons (Fsp3) is 0.267. The van der Waals surface area contributed by atoms with Crippen molar-refractivity contribution < 1.29 is 9.21 Å². The third-order valence-electron chi connectivity index (χ3n) is 3.58. The smallest absolute Gasteiger partial charge is 0.287 e. The molecule has 0 fully saturated rings. The zero-order chi connectivity index (χ0) is 14.1. The van der Waals surface area contributed by atoms with Gasteiger partial charge in [0.2, 0.25) is 0 Å². The van der Waals surface area contributed by atoms with Crippen LogP contribution in [-0.2, 0) is 6.42 Å². The zero-order valence-electron chi connectivity index (χ0n) is 10.9. The molecule has 1 aromatic heterocycles. The lowest BCUT2D eigenvalue weighted by Crippen LogP contribution is -2.30. The summed E-state index contributed by atoms with van der Waals surface area (Å²) in [4.78, 5) is 12.2. The van der Waals surface area contributed by atoms with E-state index in [9.17, 15) is 4.79 Å². The lowest BCUT2D eigenvalue weighted by atomic mass is 9.87. The summed E-state index contributed by atoms with van der Waals surface area (Å²) in [5, 5.41) is 3.03. The second-order valence-corrected chi connectivity index (χ2v) is 5.76. The van der Waals surface area contributed by atoms with E-state index in [4.69, 9.17) is 10.2 Å². The molecule has 4 nitrogen and oxygen atoms in total. The summed E-state index contributed by atoms with van der Waals surface area (Å²) < 4.78 is 5.83. The molecule has 3 N–H and O–H groups in total. The first-order chi connectivity index (χ1) is 9.63. The Balaban J connectivity index is 1.81. The average Bonchev–Trinajstić information content (AvgIpc) is 2.85. The largest absolute Gasteiger partial charge is 0.444 e. The van der Waals surface area contributed by atoms with Crippen LogP contribution in [0.3, 0.4) is 0 Å². The van der Waals surface area contributed by atoms with E-state index in [2.05, 4.69) is 21.2 Å². The monoisotopic (exact) mass is 334 g/mol. The summed E-state index contributed by atoms with van der Waals surface area (Å²) in [6.07, 6.45) is 2.99. The van der Waals surface area contributed by atoms with Crippen molar-refractivity contribution >= 4 is 27.5 Å². The molecule has 0 saturated heterocycles. The van der Waals surface area contributed by atoms with E-state index >= 15 is 0 Å². The second kappa shape index (κ2) is 5.32. The number of amides is 1. The van der Waals surface area contributed by atoms with Gasteiger partial charge in [-0.05, 0) is 70.6 Å². The highest BCUT2D eigenvalue weighted by Gasteiger charge is 2.23. The third kappa shape index (κ3) is 2.58. The van der Waals surface area contributed by atoms with E-state index in [1.54, 1.807) is 12.1 Å². The van der Waals surface area contributed by atoms with E-state index in [0.717, 1.165) is 30.5 Å². The molecule has 0 bridgehead atoms. The van der Waals surface area contributed by atoms with Gasteiger partial charge in [-0.1, -0.05) is 6.07 Å². The van der Waals surface area contributed by atoms with Crippen LogP contribution in [0.2, 0.25) is 0 Å². The molecule has 1 aliphatic carbocycles. The molecule has 0 aliphatic heterocycles. The minimum absolute atomic E-state index is 0.0238. The van der Waals surface area contributed by atoms with E-state index in [1.165, 1.54) is 5.56 Å². The summed E-state index contributed by atoms with van der Waals surface area (Å²) in [5.74, 6) is 0.129. The number of nitrogen functional groups attached to an aromatic ring is 1. The number of hydrogen-bond acceptors (Lipinski definition) is 3. The van der Waals surface area contributed by atoms with Crippen LogP contribution in [0.25, 0.3) is 0 Å². The van der Waals surface area contributed by atoms with Gasteiger partial charge in [-0.25, -0.2) is 0 Å². The maximum atomic E-state index is 12.2. The molecule has 1 unspecified atom stereocenters. The number of rotatable bonds is 2. The van der Waals surface area contributed by atoms with Gasteiger partial charge in [0, 0.05) is 5.69 Å². The highest BCUT2D eigenvalue weighted by atomic mass is 79.9. The molecule has 1 aromatic carbocycles. The van der Waals surface area contributed by atoms with Gasteiger partial charge in [-0.3, -0.25) is 4.79 Å². The van der Waals surface area contributed by atoms with Crippen molar-refractivity contribution in [1.82, 2.24) is 5.32 Å². The van der Waals surface area contributed by atoms with Gasteiger partial charge >= 0.3 is 0 Å². The van der Waals surface area contributed by atoms with Gasteiger partial charge in [0.15, 0.2) is 10.4 Å². The summed E-state index contributed by atoms with van der Waals surface area (Å²) in [6.45, 7) is 0. The maximum absolute atomic E-state index is 12.2. The van der Waals surface area contributed by atoms with E-state index in [0.29, 0.717) is 10.4 Å². The molecular formula is C15H15BrN2O2. The Kier molecular flexibility index (Phi) is 3.53. The normalized spacial score (nSPS) is 17.6. The first-order valence-electron chi connectivity index (χ1n) is 6.58. The Morgan fingerprint density at radius 3 is 2.95 bits per heavy atom. The lowest BCUT2D eigenvalue weighted by Gasteiger charge is -2.26. The number of anilines is 1. The van der Waals surface area contributed by atoms with Crippen LogP contribution >= 0.6 is 15.9 Å². The second-order valence-electron chi connectivity index (χ2n) is 4.98. The van der Waals surface area contributed by atoms with Crippen molar-refractivity contribution in [2.24, 2.45) is 0 Å². The molecule has 1 heterocycles. The first-order valence-corrected chi connectivity index (χ1v) is 7.37. The predicted octanol–water partition coefficient (Wildman–Crippen LogP) is 3.43. The molecule has 5 heteroatoms. The minimum atomic E-state index is -0.189. The van der Waals surface area contributed by atoms with E-state index < -0.39 is 0 Å². The summed E-state index contributed by atoms with van der Waals surface area (Å²) >= 11 is 3.20. The first kappa shape index (κ1) is 13.2. The van der Waals surface area contributed by atoms with Crippen LogP contribution in [0.4, 0.5) is 5.69 Å². The number of carbonyl (C=O) groups is 1. The standard InChI is InChI=1S/C15H15BrN2O2/c16-14-7-6-13(20-14)15(19)18-12-3-1-2-9-8-10(17)4-5-11(9)12/h4-8,12H,1-3,17H2,(H,18,19). The molecule has 3 rings (SSSR count). The highest BCUT2D eigenvalue weighted by molar-refractivity contribution is 9.10. The highest BCUT2D eigenvalue weighted by Crippen LogP contribution is 2.31. The van der Waals surface area contributed by atoms with Crippen molar-refractivity contribution in [1.29, 1.82) is 0 Å². The number of halogens is 1. The van der Waals surface area contributed by atoms with Crippen LogP contribution in [-0.4, -0.2) is 5.91 Å². The van der Waals surface area contributed by atoms with Crippen LogP contribution in [0.1, 0.15) is 40.6 Å². The molecule has 0 saturated carbocycles. The molecule has 2 aromatic rings. The van der Waals surface area contributed by atoms with Crippen LogP contribution in [0.5, 0.6) is 0 Å². The Labute approximate surface area is 125 Å². The van der Waals surface area contributed by atoms with Gasteiger partial charge in [-0.15, -0.1) is 0 Å². The number of furan rings is 1. The zero-order valence-corrected chi connectivity index (χ0v) is 12.4. The Morgan fingerprint density at radius 1 is 1.35 bits per heavy atom. The van der Waals surface area contributed by atoms with Gasteiger partial charge in [0.25, 0.3) is 5.91 Å². The van der Waals surface area contributed by atoms with Gasteiger partial charge in [-0.2, -0.15) is 0 Å². The topological polar surface area (TPSA) is 68.3 Å².